The maximum Gasteiger partial charge on any atom is 0.255 e. The van der Waals surface area contributed by atoms with Crippen molar-refractivity contribution in [1.29, 1.82) is 0 Å². The lowest BCUT2D eigenvalue weighted by Gasteiger charge is -2.16. The maximum absolute atomic E-state index is 12.1. The average Bonchev–Trinajstić information content (AvgIpc) is 2.64. The molecule has 0 radical (unpaired) electrons. The Kier molecular flexibility index (Phi) is 3.56. The predicted molar refractivity (Wildman–Crippen MR) is 67.9 cm³/mol. The van der Waals surface area contributed by atoms with Gasteiger partial charge in [0, 0.05) is 22.5 Å². The van der Waals surface area contributed by atoms with Gasteiger partial charge < -0.3 is 10.0 Å². The molecule has 1 fully saturated rings. The lowest BCUT2D eigenvalue weighted by molar-refractivity contribution is 0.0761. The molecule has 0 aliphatic carbocycles. The molecule has 1 aromatic rings. The van der Waals surface area contributed by atoms with Crippen LogP contribution in [0.15, 0.2) is 27.6 Å². The highest BCUT2D eigenvalue weighted by atomic mass is 79.9. The number of nitrogens with zero attached hydrogens (tertiary/aromatic N) is 1. The molecule has 0 aromatic heterocycles. The Morgan fingerprint density at radius 3 is 2.88 bits per heavy atom. The number of rotatable bonds is 1. The van der Waals surface area contributed by atoms with Crippen molar-refractivity contribution >= 4 is 34.5 Å². The van der Waals surface area contributed by atoms with Crippen LogP contribution in [0, 0.1) is 0 Å². The molecule has 1 saturated heterocycles. The molecular formula is C11H12BrNO2S. The van der Waals surface area contributed by atoms with E-state index in [9.17, 15) is 9.90 Å². The Hall–Kier alpha value is -0.520. The molecule has 1 unspecified atom stereocenters. The number of β-amino-alcohol motifs (C(OH)–C–C–N with tert-alkyl or cyclic N) is 1. The number of carbonyl (C=O) groups is 1. The highest BCUT2D eigenvalue weighted by molar-refractivity contribution is 9.10. The summed E-state index contributed by atoms with van der Waals surface area (Å²) < 4.78 is 0.899. The van der Waals surface area contributed by atoms with Crippen molar-refractivity contribution in [1.82, 2.24) is 4.90 Å². The monoisotopic (exact) mass is 301 g/mol. The topological polar surface area (TPSA) is 40.5 Å². The highest BCUT2D eigenvalue weighted by Gasteiger charge is 2.26. The van der Waals surface area contributed by atoms with Crippen LogP contribution in [0.4, 0.5) is 0 Å². The predicted octanol–water partition coefficient (Wildman–Crippen LogP) is 1.94. The smallest absolute Gasteiger partial charge is 0.255 e. The molecule has 3 nitrogen and oxygen atoms in total. The Morgan fingerprint density at radius 2 is 2.31 bits per heavy atom. The fourth-order valence-corrected chi connectivity index (χ4v) is 2.63. The highest BCUT2D eigenvalue weighted by Crippen LogP contribution is 2.22. The Bertz CT molecular complexity index is 424. The molecule has 86 valence electrons. The van der Waals surface area contributed by atoms with Gasteiger partial charge in [-0.15, -0.1) is 12.6 Å². The largest absolute Gasteiger partial charge is 0.391 e. The van der Waals surface area contributed by atoms with Gasteiger partial charge in [0.2, 0.25) is 0 Å². The molecular weight excluding hydrogens is 290 g/mol. The van der Waals surface area contributed by atoms with Crippen LogP contribution in [-0.2, 0) is 0 Å². The Balaban J connectivity index is 2.21. The number of halogens is 1. The van der Waals surface area contributed by atoms with Gasteiger partial charge in [-0.2, -0.15) is 0 Å². The standard InChI is InChI=1S/C11H12BrNO2S/c12-7-1-2-9(10(16)5-7)11(15)13-4-3-8(14)6-13/h1-2,5,8,14,16H,3-4,6H2. The zero-order valence-corrected chi connectivity index (χ0v) is 11.0. The summed E-state index contributed by atoms with van der Waals surface area (Å²) in [7, 11) is 0. The van der Waals surface area contributed by atoms with Crippen LogP contribution < -0.4 is 0 Å². The first-order valence-electron chi connectivity index (χ1n) is 5.04. The van der Waals surface area contributed by atoms with E-state index in [1.165, 1.54) is 0 Å². The molecule has 0 bridgehead atoms. The minimum atomic E-state index is -0.386. The van der Waals surface area contributed by atoms with Crippen LogP contribution in [0.25, 0.3) is 0 Å². The minimum absolute atomic E-state index is 0.0611. The Morgan fingerprint density at radius 1 is 1.56 bits per heavy atom. The molecule has 2 rings (SSSR count). The van der Waals surface area contributed by atoms with E-state index >= 15 is 0 Å². The first kappa shape index (κ1) is 12.0. The average molecular weight is 302 g/mol. The second-order valence-corrected chi connectivity index (χ2v) is 5.25. The van der Waals surface area contributed by atoms with E-state index < -0.39 is 0 Å². The summed E-state index contributed by atoms with van der Waals surface area (Å²) in [6, 6.07) is 5.36. The van der Waals surface area contributed by atoms with Gasteiger partial charge in [-0.1, -0.05) is 15.9 Å². The summed E-state index contributed by atoms with van der Waals surface area (Å²) in [6.07, 6.45) is 0.271. The van der Waals surface area contributed by atoms with Gasteiger partial charge in [0.05, 0.1) is 11.7 Å². The van der Waals surface area contributed by atoms with E-state index in [1.807, 2.05) is 6.07 Å². The third kappa shape index (κ3) is 2.42. The van der Waals surface area contributed by atoms with Crippen molar-refractivity contribution in [2.45, 2.75) is 17.4 Å². The van der Waals surface area contributed by atoms with Crippen LogP contribution in [0.1, 0.15) is 16.8 Å². The van der Waals surface area contributed by atoms with E-state index in [2.05, 4.69) is 28.6 Å². The number of thiol groups is 1. The molecule has 1 aliphatic heterocycles. The third-order valence-corrected chi connectivity index (χ3v) is 3.50. The Labute approximate surface area is 108 Å². The molecule has 16 heavy (non-hydrogen) atoms. The molecule has 0 saturated carbocycles. The fourth-order valence-electron chi connectivity index (χ4n) is 1.78. The summed E-state index contributed by atoms with van der Waals surface area (Å²) in [4.78, 5) is 14.4. The van der Waals surface area contributed by atoms with E-state index in [1.54, 1.807) is 17.0 Å². The van der Waals surface area contributed by atoms with Crippen molar-refractivity contribution in [2.75, 3.05) is 13.1 Å². The third-order valence-electron chi connectivity index (χ3n) is 2.64. The lowest BCUT2D eigenvalue weighted by Crippen LogP contribution is -2.29. The fraction of sp³-hybridized carbons (Fsp3) is 0.364. The van der Waals surface area contributed by atoms with Crippen molar-refractivity contribution < 1.29 is 9.90 Å². The van der Waals surface area contributed by atoms with Gasteiger partial charge in [-0.05, 0) is 24.6 Å². The molecule has 1 aromatic carbocycles. The molecule has 1 N–H and O–H groups in total. The van der Waals surface area contributed by atoms with Crippen LogP contribution in [0.3, 0.4) is 0 Å². The summed E-state index contributed by atoms with van der Waals surface area (Å²) in [5.74, 6) is -0.0611. The maximum atomic E-state index is 12.1. The normalized spacial score (nSPS) is 20.2. The molecule has 1 amide bonds. The number of aliphatic hydroxyl groups excluding tert-OH is 1. The number of benzene rings is 1. The van der Waals surface area contributed by atoms with Gasteiger partial charge in [-0.3, -0.25) is 4.79 Å². The van der Waals surface area contributed by atoms with E-state index in [4.69, 9.17) is 0 Å². The molecule has 0 spiro atoms. The summed E-state index contributed by atoms with van der Waals surface area (Å²) >= 11 is 7.61. The van der Waals surface area contributed by atoms with Gasteiger partial charge in [0.1, 0.15) is 0 Å². The molecule has 5 heteroatoms. The zero-order valence-electron chi connectivity index (χ0n) is 8.56. The van der Waals surface area contributed by atoms with Crippen molar-refractivity contribution in [3.8, 4) is 0 Å². The second kappa shape index (κ2) is 4.77. The summed E-state index contributed by atoms with van der Waals surface area (Å²) in [5, 5.41) is 9.39. The van der Waals surface area contributed by atoms with Gasteiger partial charge in [0.15, 0.2) is 0 Å². The van der Waals surface area contributed by atoms with Crippen LogP contribution in [0.5, 0.6) is 0 Å². The summed E-state index contributed by atoms with van der Waals surface area (Å²) in [6.45, 7) is 1.03. The van der Waals surface area contributed by atoms with E-state index in [-0.39, 0.29) is 12.0 Å². The number of amides is 1. The van der Waals surface area contributed by atoms with Gasteiger partial charge in [0.25, 0.3) is 5.91 Å². The van der Waals surface area contributed by atoms with Gasteiger partial charge in [-0.25, -0.2) is 0 Å². The van der Waals surface area contributed by atoms with E-state index in [0.717, 1.165) is 4.47 Å². The number of aliphatic hydroxyl groups is 1. The molecule has 1 aliphatic rings. The van der Waals surface area contributed by atoms with Crippen molar-refractivity contribution in [2.24, 2.45) is 0 Å². The van der Waals surface area contributed by atoms with Crippen molar-refractivity contribution in [3.05, 3.63) is 28.2 Å². The first-order chi connectivity index (χ1) is 7.58. The number of hydrogen-bond acceptors (Lipinski definition) is 3. The summed E-state index contributed by atoms with van der Waals surface area (Å²) in [5.41, 5.74) is 0.584. The molecule has 1 atom stereocenters. The van der Waals surface area contributed by atoms with E-state index in [0.29, 0.717) is 30.0 Å². The molecule has 1 heterocycles. The van der Waals surface area contributed by atoms with Gasteiger partial charge >= 0.3 is 0 Å². The SMILES string of the molecule is O=C(c1ccc(Br)cc1S)N1CCC(O)C1. The first-order valence-corrected chi connectivity index (χ1v) is 6.28. The number of likely N-dealkylation sites (tertiary alicyclic amines) is 1. The minimum Gasteiger partial charge on any atom is -0.391 e. The van der Waals surface area contributed by atoms with Crippen LogP contribution in [0.2, 0.25) is 0 Å². The van der Waals surface area contributed by atoms with Crippen LogP contribution >= 0.6 is 28.6 Å². The zero-order chi connectivity index (χ0) is 11.7. The lowest BCUT2D eigenvalue weighted by atomic mass is 10.2. The number of hydrogen-bond donors (Lipinski definition) is 2. The van der Waals surface area contributed by atoms with Crippen molar-refractivity contribution in [3.63, 3.8) is 0 Å². The number of carbonyl (C=O) groups excluding carboxylic acids is 1. The quantitative estimate of drug-likeness (QED) is 0.779. The van der Waals surface area contributed by atoms with Crippen LogP contribution in [-0.4, -0.2) is 35.1 Å². The second-order valence-electron chi connectivity index (χ2n) is 3.86.